The number of H-pyrrole nitrogens is 1. The van der Waals surface area contributed by atoms with E-state index in [0.29, 0.717) is 16.3 Å². The molecule has 3 aromatic rings. The minimum atomic E-state index is -0.0603. The zero-order valence-corrected chi connectivity index (χ0v) is 13.7. The fourth-order valence-electron chi connectivity index (χ4n) is 3.34. The molecule has 1 atom stereocenters. The topological polar surface area (TPSA) is 50.7 Å². The summed E-state index contributed by atoms with van der Waals surface area (Å²) < 4.78 is 1.58. The van der Waals surface area contributed by atoms with Crippen LogP contribution in [0, 0.1) is 5.92 Å². The molecule has 1 aromatic carbocycles. The second kappa shape index (κ2) is 5.53. The van der Waals surface area contributed by atoms with Gasteiger partial charge in [-0.1, -0.05) is 18.5 Å². The van der Waals surface area contributed by atoms with E-state index in [1.54, 1.807) is 23.0 Å². The van der Waals surface area contributed by atoms with Gasteiger partial charge in [-0.25, -0.2) is 4.68 Å². The Morgan fingerprint density at radius 1 is 1.22 bits per heavy atom. The van der Waals surface area contributed by atoms with Crippen molar-refractivity contribution >= 4 is 22.5 Å². The molecule has 0 fully saturated rings. The summed E-state index contributed by atoms with van der Waals surface area (Å²) in [6.45, 7) is 2.28. The molecule has 2 heterocycles. The van der Waals surface area contributed by atoms with E-state index >= 15 is 0 Å². The van der Waals surface area contributed by atoms with Crippen molar-refractivity contribution in [3.8, 4) is 5.69 Å². The Morgan fingerprint density at radius 2 is 1.96 bits per heavy atom. The highest BCUT2D eigenvalue weighted by atomic mass is 35.5. The first-order valence-corrected chi connectivity index (χ1v) is 8.38. The van der Waals surface area contributed by atoms with E-state index in [1.807, 2.05) is 12.1 Å². The summed E-state index contributed by atoms with van der Waals surface area (Å²) in [5.41, 5.74) is 3.99. The molecule has 1 N–H and O–H groups in total. The molecule has 1 aliphatic carbocycles. The first kappa shape index (κ1) is 14.5. The predicted molar refractivity (Wildman–Crippen MR) is 92.5 cm³/mol. The highest BCUT2D eigenvalue weighted by Gasteiger charge is 2.19. The van der Waals surface area contributed by atoms with Crippen LogP contribution in [0.2, 0.25) is 5.02 Å². The summed E-state index contributed by atoms with van der Waals surface area (Å²) in [5, 5.41) is 4.61. The van der Waals surface area contributed by atoms with Gasteiger partial charge in [0.1, 0.15) is 0 Å². The van der Waals surface area contributed by atoms with Gasteiger partial charge in [0, 0.05) is 16.9 Å². The van der Waals surface area contributed by atoms with Gasteiger partial charge in [0.05, 0.1) is 16.6 Å². The van der Waals surface area contributed by atoms with Crippen molar-refractivity contribution in [2.45, 2.75) is 32.6 Å². The number of aromatic amines is 1. The van der Waals surface area contributed by atoms with E-state index < -0.39 is 0 Å². The molecule has 1 aliphatic rings. The standard InChI is InChI=1S/C18H18ClN3O/c1-11-2-8-14-16(9-3-11)20-10-15-17(14)21-22(18(15)23)13-6-4-12(19)5-7-13/h4-7,10-11,21H,2-3,8-9H2,1H3. The number of aryl methyl sites for hydroxylation is 2. The summed E-state index contributed by atoms with van der Waals surface area (Å²) in [5.74, 6) is 0.698. The number of nitrogens with one attached hydrogen (secondary N) is 1. The fraction of sp³-hybridized carbons (Fsp3) is 0.333. The fourth-order valence-corrected chi connectivity index (χ4v) is 3.47. The zero-order chi connectivity index (χ0) is 16.0. The second-order valence-electron chi connectivity index (χ2n) is 6.38. The van der Waals surface area contributed by atoms with Crippen molar-refractivity contribution in [3.05, 3.63) is 57.1 Å². The van der Waals surface area contributed by atoms with Crippen LogP contribution in [0.25, 0.3) is 16.6 Å². The Kier molecular flexibility index (Phi) is 3.49. The molecule has 1 unspecified atom stereocenters. The van der Waals surface area contributed by atoms with Crippen molar-refractivity contribution in [3.63, 3.8) is 0 Å². The summed E-state index contributed by atoms with van der Waals surface area (Å²) in [4.78, 5) is 17.3. The second-order valence-corrected chi connectivity index (χ2v) is 6.82. The third-order valence-electron chi connectivity index (χ3n) is 4.77. The average molecular weight is 328 g/mol. The summed E-state index contributed by atoms with van der Waals surface area (Å²) in [6.07, 6.45) is 5.98. The van der Waals surface area contributed by atoms with Crippen molar-refractivity contribution in [1.82, 2.24) is 14.8 Å². The number of rotatable bonds is 1. The monoisotopic (exact) mass is 327 g/mol. The van der Waals surface area contributed by atoms with E-state index in [0.717, 1.165) is 42.6 Å². The van der Waals surface area contributed by atoms with Gasteiger partial charge in [-0.2, -0.15) is 0 Å². The summed E-state index contributed by atoms with van der Waals surface area (Å²) >= 11 is 5.94. The smallest absolute Gasteiger partial charge is 0.280 e. The maximum atomic E-state index is 12.7. The Morgan fingerprint density at radius 3 is 2.74 bits per heavy atom. The molecule has 0 bridgehead atoms. The molecule has 0 spiro atoms. The van der Waals surface area contributed by atoms with Crippen molar-refractivity contribution in [2.24, 2.45) is 5.92 Å². The highest BCUT2D eigenvalue weighted by Crippen LogP contribution is 2.27. The Labute approximate surface area is 139 Å². The number of nitrogens with zero attached hydrogens (tertiary/aromatic N) is 2. The van der Waals surface area contributed by atoms with Crippen LogP contribution in [0.3, 0.4) is 0 Å². The molecule has 2 aromatic heterocycles. The maximum absolute atomic E-state index is 12.7. The Bertz CT molecular complexity index is 924. The average Bonchev–Trinajstić information content (AvgIpc) is 2.76. The Balaban J connectivity index is 1.91. The highest BCUT2D eigenvalue weighted by molar-refractivity contribution is 6.30. The molecule has 4 nitrogen and oxygen atoms in total. The molecule has 0 amide bonds. The lowest BCUT2D eigenvalue weighted by molar-refractivity contribution is 0.509. The molecule has 5 heteroatoms. The molecular formula is C18H18ClN3O. The molecule has 0 saturated carbocycles. The van der Waals surface area contributed by atoms with Gasteiger partial charge in [0.25, 0.3) is 5.56 Å². The van der Waals surface area contributed by atoms with E-state index in [1.165, 1.54) is 5.56 Å². The van der Waals surface area contributed by atoms with Crippen LogP contribution in [-0.4, -0.2) is 14.8 Å². The van der Waals surface area contributed by atoms with Gasteiger partial charge in [0.15, 0.2) is 0 Å². The zero-order valence-electron chi connectivity index (χ0n) is 13.0. The van der Waals surface area contributed by atoms with E-state index in [9.17, 15) is 4.79 Å². The van der Waals surface area contributed by atoms with Gasteiger partial charge in [-0.15, -0.1) is 0 Å². The van der Waals surface area contributed by atoms with Crippen LogP contribution < -0.4 is 5.56 Å². The van der Waals surface area contributed by atoms with Gasteiger partial charge < -0.3 is 0 Å². The predicted octanol–water partition coefficient (Wildman–Crippen LogP) is 3.88. The number of hydrogen-bond acceptors (Lipinski definition) is 2. The number of aromatic nitrogens is 3. The molecule has 0 aliphatic heterocycles. The number of pyridine rings is 1. The number of fused-ring (bicyclic) bond motifs is 3. The number of halogens is 1. The van der Waals surface area contributed by atoms with E-state index in [4.69, 9.17) is 11.6 Å². The van der Waals surface area contributed by atoms with Gasteiger partial charge in [0.2, 0.25) is 0 Å². The van der Waals surface area contributed by atoms with Crippen LogP contribution >= 0.6 is 11.6 Å². The van der Waals surface area contributed by atoms with Crippen LogP contribution in [0.4, 0.5) is 0 Å². The van der Waals surface area contributed by atoms with Crippen LogP contribution in [-0.2, 0) is 12.8 Å². The van der Waals surface area contributed by atoms with Crippen molar-refractivity contribution in [1.29, 1.82) is 0 Å². The summed E-state index contributed by atoms with van der Waals surface area (Å²) in [7, 11) is 0. The van der Waals surface area contributed by atoms with Crippen molar-refractivity contribution in [2.75, 3.05) is 0 Å². The van der Waals surface area contributed by atoms with E-state index in [-0.39, 0.29) is 5.56 Å². The molecule has 0 radical (unpaired) electrons. The minimum absolute atomic E-state index is 0.0603. The quantitative estimate of drug-likeness (QED) is 0.689. The first-order chi connectivity index (χ1) is 11.1. The van der Waals surface area contributed by atoms with E-state index in [2.05, 4.69) is 17.0 Å². The lowest BCUT2D eigenvalue weighted by atomic mass is 10.0. The third kappa shape index (κ3) is 2.47. The SMILES string of the molecule is CC1CCc2ncc3c(=O)n(-c4ccc(Cl)cc4)[nH]c3c2CC1. The maximum Gasteiger partial charge on any atom is 0.280 e. The van der Waals surface area contributed by atoms with Gasteiger partial charge in [-0.3, -0.25) is 14.9 Å². The first-order valence-electron chi connectivity index (χ1n) is 8.01. The number of hydrogen-bond donors (Lipinski definition) is 1. The minimum Gasteiger partial charge on any atom is -0.290 e. The van der Waals surface area contributed by atoms with Crippen LogP contribution in [0.15, 0.2) is 35.3 Å². The lowest BCUT2D eigenvalue weighted by Crippen LogP contribution is -2.14. The van der Waals surface area contributed by atoms with Crippen molar-refractivity contribution < 1.29 is 0 Å². The largest absolute Gasteiger partial charge is 0.290 e. The van der Waals surface area contributed by atoms with Crippen LogP contribution in [0.5, 0.6) is 0 Å². The van der Waals surface area contributed by atoms with Crippen LogP contribution in [0.1, 0.15) is 31.0 Å². The normalized spacial score (nSPS) is 17.9. The molecule has 118 valence electrons. The molecule has 23 heavy (non-hydrogen) atoms. The number of benzene rings is 1. The van der Waals surface area contributed by atoms with Gasteiger partial charge >= 0.3 is 0 Å². The van der Waals surface area contributed by atoms with Gasteiger partial charge in [-0.05, 0) is 61.4 Å². The Hall–Kier alpha value is -2.07. The third-order valence-corrected chi connectivity index (χ3v) is 5.02. The lowest BCUT2D eigenvalue weighted by Gasteiger charge is -2.05. The molecular weight excluding hydrogens is 310 g/mol. The summed E-state index contributed by atoms with van der Waals surface area (Å²) in [6, 6.07) is 7.26. The molecule has 0 saturated heterocycles. The molecule has 4 rings (SSSR count).